The highest BCUT2D eigenvalue weighted by Crippen LogP contribution is 2.38. The number of hydrogen-bond acceptors (Lipinski definition) is 8. The zero-order valence-electron chi connectivity index (χ0n) is 23.5. The van der Waals surface area contributed by atoms with Gasteiger partial charge in [0, 0.05) is 24.8 Å². The Morgan fingerprint density at radius 3 is 2.83 bits per heavy atom. The summed E-state index contributed by atoms with van der Waals surface area (Å²) in [6, 6.07) is 15.9. The van der Waals surface area contributed by atoms with Gasteiger partial charge < -0.3 is 15.0 Å². The number of carbonyl (C=O) groups is 1. The van der Waals surface area contributed by atoms with Crippen LogP contribution in [0.5, 0.6) is 11.5 Å². The first kappa shape index (κ1) is 25.8. The molecule has 0 saturated carbocycles. The molecule has 210 valence electrons. The maximum atomic E-state index is 12.5. The van der Waals surface area contributed by atoms with Crippen molar-refractivity contribution in [2.45, 2.75) is 44.7 Å². The summed E-state index contributed by atoms with van der Waals surface area (Å²) < 4.78 is 7.90. The Bertz CT molecular complexity index is 1890. The molecular formula is C32H30N8O2. The third kappa shape index (κ3) is 4.64. The summed E-state index contributed by atoms with van der Waals surface area (Å²) >= 11 is 0. The zero-order valence-corrected chi connectivity index (χ0v) is 23.5. The molecule has 5 aromatic rings. The molecule has 5 heterocycles. The smallest absolute Gasteiger partial charge is 0.246 e. The van der Waals surface area contributed by atoms with E-state index in [1.165, 1.54) is 6.08 Å². The van der Waals surface area contributed by atoms with Crippen LogP contribution in [0.15, 0.2) is 73.6 Å². The fraction of sp³-hybridized carbons (Fsp3) is 0.250. The molecule has 2 atom stereocenters. The van der Waals surface area contributed by atoms with E-state index in [1.54, 1.807) is 11.0 Å². The van der Waals surface area contributed by atoms with Gasteiger partial charge in [-0.2, -0.15) is 0 Å². The quantitative estimate of drug-likeness (QED) is 0.258. The van der Waals surface area contributed by atoms with Crippen molar-refractivity contribution in [2.75, 3.05) is 5.32 Å². The first-order valence-corrected chi connectivity index (χ1v) is 14.1. The zero-order chi connectivity index (χ0) is 28.8. The Kier molecular flexibility index (Phi) is 6.38. The number of hydrogen-bond donors (Lipinski definition) is 1. The minimum Gasteiger partial charge on any atom is -0.457 e. The highest BCUT2D eigenvalue weighted by Gasteiger charge is 2.36. The molecule has 2 bridgehead atoms. The first-order chi connectivity index (χ1) is 20.5. The highest BCUT2D eigenvalue weighted by molar-refractivity contribution is 5.90. The van der Waals surface area contributed by atoms with Crippen molar-refractivity contribution >= 4 is 45.1 Å². The normalized spacial score (nSPS) is 18.1. The van der Waals surface area contributed by atoms with Gasteiger partial charge in [-0.1, -0.05) is 17.9 Å². The van der Waals surface area contributed by atoms with E-state index in [4.69, 9.17) is 9.72 Å². The molecular weight excluding hydrogens is 528 g/mol. The summed E-state index contributed by atoms with van der Waals surface area (Å²) in [5.74, 6) is 2.08. The number of aryl methyl sites for hydroxylation is 2. The average molecular weight is 559 g/mol. The molecule has 0 spiro atoms. The molecule has 2 aromatic carbocycles. The number of nitrogens with zero attached hydrogens (tertiary/aromatic N) is 7. The number of piperidine rings is 1. The van der Waals surface area contributed by atoms with Crippen molar-refractivity contribution in [3.63, 3.8) is 0 Å². The number of carbonyl (C=O) groups excluding carboxylic acids is 1. The summed E-state index contributed by atoms with van der Waals surface area (Å²) in [6.07, 6.45) is 9.01. The topological polar surface area (TPSA) is 111 Å². The summed E-state index contributed by atoms with van der Waals surface area (Å²) in [5, 5.41) is 11.7. The number of benzene rings is 2. The molecule has 1 N–H and O–H groups in total. The third-order valence-corrected chi connectivity index (χ3v) is 8.12. The SMILES string of the molecule is C=CC(=O)N1C2C=C(c3ccc4ncnc(Nc5ccc(Oc6ccc7c(c6)nnn7C)c(C)c5)c4n3)CC1CCC2. The maximum Gasteiger partial charge on any atom is 0.246 e. The second-order valence-electron chi connectivity index (χ2n) is 10.9. The molecule has 3 aromatic heterocycles. The van der Waals surface area contributed by atoms with Crippen molar-refractivity contribution in [1.29, 1.82) is 0 Å². The van der Waals surface area contributed by atoms with Crippen LogP contribution in [0.4, 0.5) is 11.5 Å². The van der Waals surface area contributed by atoms with Gasteiger partial charge in [-0.3, -0.25) is 4.79 Å². The molecule has 2 aliphatic rings. The third-order valence-electron chi connectivity index (χ3n) is 8.12. The fourth-order valence-corrected chi connectivity index (χ4v) is 6.07. The van der Waals surface area contributed by atoms with Crippen molar-refractivity contribution in [3.8, 4) is 11.5 Å². The van der Waals surface area contributed by atoms with E-state index in [2.05, 4.69) is 38.3 Å². The second-order valence-corrected chi connectivity index (χ2v) is 10.9. The summed E-state index contributed by atoms with van der Waals surface area (Å²) in [7, 11) is 1.86. The minimum absolute atomic E-state index is 0.00430. The standard InChI is InChI=1S/C32H30N8O2/c1-4-30(41)40-22-6-5-7-23(40)16-20(15-22)25-10-11-26-31(36-25)32(34-18-33-26)35-21-8-13-29(19(2)14-21)42-24-9-12-28-27(17-24)37-38-39(28)3/h4,8-15,17-18,22-23H,1,5-7,16H2,2-3H3,(H,33,34,35). The largest absolute Gasteiger partial charge is 0.457 e. The fourth-order valence-electron chi connectivity index (χ4n) is 6.07. The Labute approximate surface area is 242 Å². The van der Waals surface area contributed by atoms with Crippen LogP contribution in [0.3, 0.4) is 0 Å². The number of fused-ring (bicyclic) bond motifs is 4. The van der Waals surface area contributed by atoms with Gasteiger partial charge in [0.05, 0.1) is 22.8 Å². The van der Waals surface area contributed by atoms with Gasteiger partial charge in [-0.05, 0) is 92.3 Å². The lowest BCUT2D eigenvalue weighted by Crippen LogP contribution is -2.51. The molecule has 10 nitrogen and oxygen atoms in total. The summed E-state index contributed by atoms with van der Waals surface area (Å²) in [6.45, 7) is 5.70. The molecule has 0 aliphatic carbocycles. The highest BCUT2D eigenvalue weighted by atomic mass is 16.5. The van der Waals surface area contributed by atoms with E-state index in [0.717, 1.165) is 70.5 Å². The molecule has 0 radical (unpaired) electrons. The van der Waals surface area contributed by atoms with Crippen LogP contribution >= 0.6 is 0 Å². The van der Waals surface area contributed by atoms with Crippen molar-refractivity contribution < 1.29 is 9.53 Å². The number of ether oxygens (including phenoxy) is 1. The molecule has 2 unspecified atom stereocenters. The number of pyridine rings is 1. The lowest BCUT2D eigenvalue weighted by Gasteiger charge is -2.44. The van der Waals surface area contributed by atoms with Crippen LogP contribution in [0, 0.1) is 6.92 Å². The maximum absolute atomic E-state index is 12.5. The van der Waals surface area contributed by atoms with Crippen molar-refractivity contribution in [1.82, 2.24) is 34.8 Å². The van der Waals surface area contributed by atoms with E-state index >= 15 is 0 Å². The predicted octanol–water partition coefficient (Wildman–Crippen LogP) is 5.87. The van der Waals surface area contributed by atoms with E-state index in [0.29, 0.717) is 17.1 Å². The molecule has 1 amide bonds. The molecule has 42 heavy (non-hydrogen) atoms. The average Bonchev–Trinajstić information content (AvgIpc) is 3.37. The van der Waals surface area contributed by atoms with Gasteiger partial charge >= 0.3 is 0 Å². The summed E-state index contributed by atoms with van der Waals surface area (Å²) in [5.41, 5.74) is 7.05. The van der Waals surface area contributed by atoms with E-state index in [1.807, 2.05) is 67.4 Å². The summed E-state index contributed by atoms with van der Waals surface area (Å²) in [4.78, 5) is 28.5. The first-order valence-electron chi connectivity index (χ1n) is 14.1. The van der Waals surface area contributed by atoms with Gasteiger partial charge in [0.15, 0.2) is 5.82 Å². The Hall–Kier alpha value is -5.12. The van der Waals surface area contributed by atoms with Gasteiger partial charge in [-0.15, -0.1) is 5.10 Å². The van der Waals surface area contributed by atoms with Gasteiger partial charge in [0.1, 0.15) is 28.9 Å². The number of nitrogens with one attached hydrogen (secondary N) is 1. The van der Waals surface area contributed by atoms with Crippen molar-refractivity contribution in [2.24, 2.45) is 7.05 Å². The number of amides is 1. The number of aromatic nitrogens is 6. The lowest BCUT2D eigenvalue weighted by molar-refractivity contribution is -0.131. The molecule has 7 rings (SSSR count). The van der Waals surface area contributed by atoms with E-state index < -0.39 is 0 Å². The lowest BCUT2D eigenvalue weighted by atomic mass is 9.84. The number of rotatable bonds is 6. The second kappa shape index (κ2) is 10.4. The van der Waals surface area contributed by atoms with Crippen LogP contribution in [0.25, 0.3) is 27.6 Å². The van der Waals surface area contributed by atoms with E-state index in [-0.39, 0.29) is 18.0 Å². The molecule has 2 aliphatic heterocycles. The number of anilines is 2. The van der Waals surface area contributed by atoms with Crippen LogP contribution in [-0.2, 0) is 11.8 Å². The monoisotopic (exact) mass is 558 g/mol. The van der Waals surface area contributed by atoms with Crippen LogP contribution in [0.1, 0.15) is 36.9 Å². The molecule has 1 saturated heterocycles. The molecule has 10 heteroatoms. The van der Waals surface area contributed by atoms with Gasteiger partial charge in [0.25, 0.3) is 0 Å². The Morgan fingerprint density at radius 1 is 1.10 bits per heavy atom. The van der Waals surface area contributed by atoms with Crippen LogP contribution < -0.4 is 10.1 Å². The Balaban J connectivity index is 1.15. The molecule has 1 fully saturated rings. The Morgan fingerprint density at radius 2 is 2.00 bits per heavy atom. The van der Waals surface area contributed by atoms with Gasteiger partial charge in [0.2, 0.25) is 5.91 Å². The van der Waals surface area contributed by atoms with Crippen molar-refractivity contribution in [3.05, 3.63) is 84.8 Å². The van der Waals surface area contributed by atoms with Crippen LogP contribution in [-0.4, -0.2) is 52.8 Å². The van der Waals surface area contributed by atoms with E-state index in [9.17, 15) is 4.79 Å². The van der Waals surface area contributed by atoms with Gasteiger partial charge in [-0.25, -0.2) is 19.6 Å². The van der Waals surface area contributed by atoms with Crippen LogP contribution in [0.2, 0.25) is 0 Å². The minimum atomic E-state index is 0.00430. The predicted molar refractivity (Wildman–Crippen MR) is 161 cm³/mol.